The number of benzene rings is 1. The van der Waals surface area contributed by atoms with Crippen LogP contribution in [0.5, 0.6) is 0 Å². The molecule has 0 bridgehead atoms. The van der Waals surface area contributed by atoms with Gasteiger partial charge in [0.2, 0.25) is 5.13 Å². The average Bonchev–Trinajstić information content (AvgIpc) is 2.62. The minimum Gasteiger partial charge on any atom is -0.374 e. The van der Waals surface area contributed by atoms with E-state index in [0.717, 1.165) is 12.1 Å². The van der Waals surface area contributed by atoms with Crippen molar-refractivity contribution in [2.45, 2.75) is 4.34 Å². The first-order valence-corrected chi connectivity index (χ1v) is 7.12. The first kappa shape index (κ1) is 13.0. The fraction of sp³-hybridized carbons (Fsp3) is 0. The van der Waals surface area contributed by atoms with E-state index in [1.54, 1.807) is 0 Å². The Morgan fingerprint density at radius 2 is 2.06 bits per heavy atom. The Kier molecular flexibility index (Phi) is 3.37. The lowest BCUT2D eigenvalue weighted by Crippen LogP contribution is -2.12. The lowest BCUT2D eigenvalue weighted by atomic mass is 10.3. The summed E-state index contributed by atoms with van der Waals surface area (Å²) < 4.78 is 38.5. The molecule has 2 rings (SSSR count). The van der Waals surface area contributed by atoms with Gasteiger partial charge in [0, 0.05) is 5.02 Å². The number of nitrogens with two attached hydrogens (primary N) is 1. The fourth-order valence-electron chi connectivity index (χ4n) is 1.14. The lowest BCUT2D eigenvalue weighted by Gasteiger charge is -2.05. The van der Waals surface area contributed by atoms with Crippen molar-refractivity contribution < 1.29 is 12.8 Å². The molecule has 0 aliphatic rings. The van der Waals surface area contributed by atoms with E-state index in [0.29, 0.717) is 11.3 Å². The van der Waals surface area contributed by atoms with Gasteiger partial charge in [-0.05, 0) is 18.2 Å². The van der Waals surface area contributed by atoms with Gasteiger partial charge >= 0.3 is 0 Å². The van der Waals surface area contributed by atoms with E-state index in [1.807, 2.05) is 0 Å². The highest BCUT2D eigenvalue weighted by Crippen LogP contribution is 2.23. The predicted octanol–water partition coefficient (Wildman–Crippen LogP) is 1.71. The van der Waals surface area contributed by atoms with Crippen molar-refractivity contribution >= 4 is 43.8 Å². The van der Waals surface area contributed by atoms with Crippen molar-refractivity contribution in [3.05, 3.63) is 29.0 Å². The van der Waals surface area contributed by atoms with Crippen molar-refractivity contribution in [2.75, 3.05) is 10.5 Å². The van der Waals surface area contributed by atoms with Gasteiger partial charge < -0.3 is 5.73 Å². The van der Waals surface area contributed by atoms with Crippen LogP contribution < -0.4 is 10.5 Å². The lowest BCUT2D eigenvalue weighted by molar-refractivity contribution is 0.599. The quantitative estimate of drug-likeness (QED) is 0.899. The Balaban J connectivity index is 2.33. The molecule has 0 aliphatic carbocycles. The molecule has 1 heterocycles. The van der Waals surface area contributed by atoms with E-state index in [2.05, 4.69) is 14.9 Å². The number of hydrogen-bond acceptors (Lipinski definition) is 6. The van der Waals surface area contributed by atoms with Gasteiger partial charge in [-0.3, -0.25) is 4.72 Å². The highest BCUT2D eigenvalue weighted by Gasteiger charge is 2.20. The molecular formula is C8H6ClFN4O2S2. The molecule has 0 unspecified atom stereocenters. The third-order valence-corrected chi connectivity index (χ3v) is 4.49. The summed E-state index contributed by atoms with van der Waals surface area (Å²) in [7, 11) is -3.94. The number of halogens is 2. The fourth-order valence-corrected chi connectivity index (χ4v) is 3.19. The molecule has 6 nitrogen and oxygen atoms in total. The van der Waals surface area contributed by atoms with Crippen molar-refractivity contribution in [1.29, 1.82) is 0 Å². The van der Waals surface area contributed by atoms with Crippen LogP contribution in [0, 0.1) is 5.82 Å². The Bertz CT molecular complexity index is 668. The van der Waals surface area contributed by atoms with E-state index in [4.69, 9.17) is 17.3 Å². The van der Waals surface area contributed by atoms with Crippen LogP contribution in [-0.2, 0) is 10.0 Å². The molecule has 1 aromatic heterocycles. The van der Waals surface area contributed by atoms with Crippen molar-refractivity contribution in [3.63, 3.8) is 0 Å². The standard InChI is InChI=1S/C8H6ClFN4O2S2/c9-4-1-5(10)3-6(2-4)14-18(15,16)8-13-12-7(11)17-8/h1-3,14H,(H2,11,12). The van der Waals surface area contributed by atoms with Crippen LogP contribution in [0.4, 0.5) is 15.2 Å². The molecule has 0 fully saturated rings. The molecule has 10 heteroatoms. The Morgan fingerprint density at radius 1 is 1.33 bits per heavy atom. The molecule has 2 aromatic rings. The highest BCUT2D eigenvalue weighted by molar-refractivity contribution is 7.94. The minimum atomic E-state index is -3.94. The zero-order valence-electron chi connectivity index (χ0n) is 8.59. The molecule has 18 heavy (non-hydrogen) atoms. The first-order chi connectivity index (χ1) is 8.37. The maximum atomic E-state index is 13.0. The van der Waals surface area contributed by atoms with Crippen LogP contribution in [-0.4, -0.2) is 18.6 Å². The van der Waals surface area contributed by atoms with Crippen molar-refractivity contribution in [1.82, 2.24) is 10.2 Å². The van der Waals surface area contributed by atoms with Crippen molar-refractivity contribution in [2.24, 2.45) is 0 Å². The smallest absolute Gasteiger partial charge is 0.291 e. The molecular weight excluding hydrogens is 303 g/mol. The second-order valence-electron chi connectivity index (χ2n) is 3.17. The van der Waals surface area contributed by atoms with Crippen LogP contribution in [0.15, 0.2) is 22.5 Å². The van der Waals surface area contributed by atoms with Gasteiger partial charge in [0.15, 0.2) is 0 Å². The molecule has 0 saturated heterocycles. The van der Waals surface area contributed by atoms with Crippen LogP contribution in [0.2, 0.25) is 5.02 Å². The maximum Gasteiger partial charge on any atom is 0.291 e. The number of anilines is 2. The molecule has 3 N–H and O–H groups in total. The van der Waals surface area contributed by atoms with Crippen molar-refractivity contribution in [3.8, 4) is 0 Å². The average molecular weight is 309 g/mol. The summed E-state index contributed by atoms with van der Waals surface area (Å²) in [4.78, 5) is 0. The summed E-state index contributed by atoms with van der Waals surface area (Å²) in [6, 6.07) is 3.32. The molecule has 0 aliphatic heterocycles. The summed E-state index contributed by atoms with van der Waals surface area (Å²) in [5.41, 5.74) is 5.28. The van der Waals surface area contributed by atoms with Gasteiger partial charge in [-0.1, -0.05) is 22.9 Å². The van der Waals surface area contributed by atoms with Crippen LogP contribution in [0.25, 0.3) is 0 Å². The second-order valence-corrected chi connectivity index (χ2v) is 6.47. The monoisotopic (exact) mass is 308 g/mol. The molecule has 1 aromatic carbocycles. The Morgan fingerprint density at radius 3 is 2.61 bits per heavy atom. The van der Waals surface area contributed by atoms with E-state index in [9.17, 15) is 12.8 Å². The van der Waals surface area contributed by atoms with Crippen LogP contribution in [0.3, 0.4) is 0 Å². The summed E-state index contributed by atoms with van der Waals surface area (Å²) >= 11 is 6.31. The minimum absolute atomic E-state index is 0.00577. The molecule has 96 valence electrons. The predicted molar refractivity (Wildman–Crippen MR) is 66.5 cm³/mol. The summed E-state index contributed by atoms with van der Waals surface area (Å²) in [5, 5.41) is 6.88. The number of nitrogen functional groups attached to an aromatic ring is 1. The Labute approximate surface area is 111 Å². The van der Waals surface area contributed by atoms with Gasteiger partial charge in [0.25, 0.3) is 14.4 Å². The molecule has 0 atom stereocenters. The van der Waals surface area contributed by atoms with Gasteiger partial charge in [-0.25, -0.2) is 4.39 Å². The van der Waals surface area contributed by atoms with Gasteiger partial charge in [-0.2, -0.15) is 8.42 Å². The number of sulfonamides is 1. The number of aromatic nitrogens is 2. The zero-order valence-corrected chi connectivity index (χ0v) is 11.0. The first-order valence-electron chi connectivity index (χ1n) is 4.45. The number of rotatable bonds is 3. The SMILES string of the molecule is Nc1nnc(S(=O)(=O)Nc2cc(F)cc(Cl)c2)s1. The summed E-state index contributed by atoms with van der Waals surface area (Å²) in [6.45, 7) is 0. The zero-order chi connectivity index (χ0) is 13.3. The van der Waals surface area contributed by atoms with Gasteiger partial charge in [0.1, 0.15) is 5.82 Å². The number of hydrogen-bond donors (Lipinski definition) is 2. The normalized spacial score (nSPS) is 11.4. The van der Waals surface area contributed by atoms with E-state index in [-0.39, 0.29) is 20.2 Å². The topological polar surface area (TPSA) is 98.0 Å². The second kappa shape index (κ2) is 4.67. The highest BCUT2D eigenvalue weighted by atomic mass is 35.5. The maximum absolute atomic E-state index is 13.0. The summed E-state index contributed by atoms with van der Waals surface area (Å²) in [6.07, 6.45) is 0. The molecule has 0 saturated carbocycles. The van der Waals surface area contributed by atoms with Gasteiger partial charge in [-0.15, -0.1) is 10.2 Å². The third kappa shape index (κ3) is 2.86. The molecule has 0 spiro atoms. The van der Waals surface area contributed by atoms with E-state index in [1.165, 1.54) is 6.07 Å². The number of nitrogens with one attached hydrogen (secondary N) is 1. The van der Waals surface area contributed by atoms with Crippen LogP contribution in [0.1, 0.15) is 0 Å². The number of nitrogens with zero attached hydrogens (tertiary/aromatic N) is 2. The van der Waals surface area contributed by atoms with E-state index < -0.39 is 15.8 Å². The third-order valence-electron chi connectivity index (χ3n) is 1.77. The van der Waals surface area contributed by atoms with Gasteiger partial charge in [0.05, 0.1) is 5.69 Å². The van der Waals surface area contributed by atoms with E-state index >= 15 is 0 Å². The molecule has 0 radical (unpaired) electrons. The largest absolute Gasteiger partial charge is 0.374 e. The Hall–Kier alpha value is -1.45. The summed E-state index contributed by atoms with van der Waals surface area (Å²) in [5.74, 6) is -0.656. The molecule has 0 amide bonds. The van der Waals surface area contributed by atoms with Crippen LogP contribution >= 0.6 is 22.9 Å².